The lowest BCUT2D eigenvalue weighted by molar-refractivity contribution is 0.0938. The molecule has 0 saturated carbocycles. The van der Waals surface area contributed by atoms with Crippen molar-refractivity contribution < 1.29 is 4.79 Å². The van der Waals surface area contributed by atoms with Crippen LogP contribution in [0.2, 0.25) is 0 Å². The molecule has 0 aliphatic carbocycles. The van der Waals surface area contributed by atoms with Crippen molar-refractivity contribution in [1.29, 1.82) is 0 Å². The van der Waals surface area contributed by atoms with Crippen LogP contribution in [0.15, 0.2) is 41.2 Å². The predicted octanol–water partition coefficient (Wildman–Crippen LogP) is 3.19. The molecule has 1 amide bonds. The molecule has 1 atom stereocenters. The number of carbonyl (C=O) groups excluding carboxylic acids is 1. The Hall–Kier alpha value is -3.15. The standard InChI is InChI=1S/C21H24N4O2/c1-12-7-6-8-16(11-12)18-10-9-17(21(27)23-18)20(26)22-13(2)19-14(3)24-25(5)15(19)4/h6-11,13H,1-5H3,(H,22,26)(H,23,27). The van der Waals surface area contributed by atoms with Crippen molar-refractivity contribution in [1.82, 2.24) is 20.1 Å². The molecular formula is C21H24N4O2. The van der Waals surface area contributed by atoms with Gasteiger partial charge in [0.15, 0.2) is 0 Å². The predicted molar refractivity (Wildman–Crippen MR) is 106 cm³/mol. The summed E-state index contributed by atoms with van der Waals surface area (Å²) in [5.41, 5.74) is 5.22. The van der Waals surface area contributed by atoms with E-state index < -0.39 is 11.5 Å². The maximum atomic E-state index is 12.6. The van der Waals surface area contributed by atoms with Gasteiger partial charge in [0.1, 0.15) is 5.56 Å². The Morgan fingerprint density at radius 3 is 2.52 bits per heavy atom. The van der Waals surface area contributed by atoms with Crippen LogP contribution in [0.3, 0.4) is 0 Å². The number of aromatic amines is 1. The summed E-state index contributed by atoms with van der Waals surface area (Å²) >= 11 is 0. The molecule has 2 N–H and O–H groups in total. The van der Waals surface area contributed by atoms with Crippen LogP contribution in [0.4, 0.5) is 0 Å². The quantitative estimate of drug-likeness (QED) is 0.746. The molecule has 2 aromatic heterocycles. The number of aromatic nitrogens is 3. The van der Waals surface area contributed by atoms with Crippen molar-refractivity contribution in [3.05, 3.63) is 74.8 Å². The van der Waals surface area contributed by atoms with Gasteiger partial charge in [0.2, 0.25) is 0 Å². The van der Waals surface area contributed by atoms with Crippen LogP contribution in [0.25, 0.3) is 11.3 Å². The van der Waals surface area contributed by atoms with E-state index in [9.17, 15) is 9.59 Å². The smallest absolute Gasteiger partial charge is 0.261 e. The fourth-order valence-corrected chi connectivity index (χ4v) is 3.40. The Labute approximate surface area is 158 Å². The van der Waals surface area contributed by atoms with E-state index in [2.05, 4.69) is 15.4 Å². The highest BCUT2D eigenvalue weighted by atomic mass is 16.2. The van der Waals surface area contributed by atoms with Gasteiger partial charge in [0.25, 0.3) is 11.5 Å². The van der Waals surface area contributed by atoms with E-state index >= 15 is 0 Å². The summed E-state index contributed by atoms with van der Waals surface area (Å²) in [5, 5.41) is 7.28. The van der Waals surface area contributed by atoms with E-state index in [1.807, 2.05) is 59.0 Å². The highest BCUT2D eigenvalue weighted by Gasteiger charge is 2.20. The molecule has 27 heavy (non-hydrogen) atoms. The molecular weight excluding hydrogens is 340 g/mol. The summed E-state index contributed by atoms with van der Waals surface area (Å²) in [6.45, 7) is 7.76. The molecule has 1 unspecified atom stereocenters. The van der Waals surface area contributed by atoms with Gasteiger partial charge in [-0.2, -0.15) is 5.10 Å². The second-order valence-electron chi connectivity index (χ2n) is 6.89. The van der Waals surface area contributed by atoms with Crippen molar-refractivity contribution in [2.45, 2.75) is 33.7 Å². The van der Waals surface area contributed by atoms with Crippen molar-refractivity contribution in [3.8, 4) is 11.3 Å². The second-order valence-corrected chi connectivity index (χ2v) is 6.89. The van der Waals surface area contributed by atoms with Gasteiger partial charge >= 0.3 is 0 Å². The van der Waals surface area contributed by atoms with Gasteiger partial charge in [0.05, 0.1) is 11.7 Å². The summed E-state index contributed by atoms with van der Waals surface area (Å²) in [6, 6.07) is 10.9. The third kappa shape index (κ3) is 3.69. The molecule has 3 rings (SSSR count). The van der Waals surface area contributed by atoms with Crippen molar-refractivity contribution in [2.75, 3.05) is 0 Å². The van der Waals surface area contributed by atoms with Crippen LogP contribution >= 0.6 is 0 Å². The third-order valence-electron chi connectivity index (χ3n) is 4.83. The first-order chi connectivity index (χ1) is 12.8. The van der Waals surface area contributed by atoms with Crippen molar-refractivity contribution >= 4 is 5.91 Å². The maximum absolute atomic E-state index is 12.6. The van der Waals surface area contributed by atoms with Crippen molar-refractivity contribution in [3.63, 3.8) is 0 Å². The number of hydrogen-bond donors (Lipinski definition) is 2. The maximum Gasteiger partial charge on any atom is 0.261 e. The number of amides is 1. The Morgan fingerprint density at radius 2 is 1.93 bits per heavy atom. The van der Waals surface area contributed by atoms with E-state index in [1.54, 1.807) is 16.8 Å². The molecule has 0 fully saturated rings. The molecule has 0 spiro atoms. The van der Waals surface area contributed by atoms with E-state index in [1.165, 1.54) is 0 Å². The minimum absolute atomic E-state index is 0.0949. The first-order valence-electron chi connectivity index (χ1n) is 8.89. The monoisotopic (exact) mass is 364 g/mol. The topological polar surface area (TPSA) is 79.8 Å². The molecule has 0 aliphatic heterocycles. The number of aryl methyl sites for hydroxylation is 3. The number of rotatable bonds is 4. The van der Waals surface area contributed by atoms with Crippen LogP contribution in [-0.4, -0.2) is 20.7 Å². The van der Waals surface area contributed by atoms with Gasteiger partial charge in [-0.25, -0.2) is 0 Å². The summed E-state index contributed by atoms with van der Waals surface area (Å²) in [6.07, 6.45) is 0. The first-order valence-corrected chi connectivity index (χ1v) is 8.89. The Morgan fingerprint density at radius 1 is 1.19 bits per heavy atom. The number of pyridine rings is 1. The van der Waals surface area contributed by atoms with Gasteiger partial charge in [-0.3, -0.25) is 14.3 Å². The lowest BCUT2D eigenvalue weighted by atomic mass is 10.1. The number of benzene rings is 1. The van der Waals surface area contributed by atoms with Crippen LogP contribution in [0.5, 0.6) is 0 Å². The molecule has 2 heterocycles. The summed E-state index contributed by atoms with van der Waals surface area (Å²) in [5.74, 6) is -0.401. The zero-order chi connectivity index (χ0) is 19.7. The normalized spacial score (nSPS) is 12.0. The molecule has 0 saturated heterocycles. The average molecular weight is 364 g/mol. The van der Waals surface area contributed by atoms with Gasteiger partial charge < -0.3 is 10.3 Å². The SMILES string of the molecule is Cc1cccc(-c2ccc(C(=O)NC(C)c3c(C)nn(C)c3C)c(=O)[nH]2)c1. The van der Waals surface area contributed by atoms with E-state index in [0.717, 1.165) is 28.1 Å². The van der Waals surface area contributed by atoms with Crippen LogP contribution in [0, 0.1) is 20.8 Å². The average Bonchev–Trinajstić information content (AvgIpc) is 2.86. The number of H-pyrrole nitrogens is 1. The Bertz CT molecular complexity index is 1060. The van der Waals surface area contributed by atoms with Crippen molar-refractivity contribution in [2.24, 2.45) is 7.05 Å². The van der Waals surface area contributed by atoms with Crippen LogP contribution < -0.4 is 10.9 Å². The fraction of sp³-hybridized carbons (Fsp3) is 0.286. The summed E-state index contributed by atoms with van der Waals surface area (Å²) in [7, 11) is 1.87. The summed E-state index contributed by atoms with van der Waals surface area (Å²) in [4.78, 5) is 27.9. The second kappa shape index (κ2) is 7.23. The van der Waals surface area contributed by atoms with E-state index in [-0.39, 0.29) is 11.6 Å². The Balaban J connectivity index is 1.84. The van der Waals surface area contributed by atoms with Crippen LogP contribution in [-0.2, 0) is 7.05 Å². The highest BCUT2D eigenvalue weighted by molar-refractivity contribution is 5.94. The highest BCUT2D eigenvalue weighted by Crippen LogP contribution is 2.21. The zero-order valence-electron chi connectivity index (χ0n) is 16.3. The Kier molecular flexibility index (Phi) is 4.99. The first kappa shape index (κ1) is 18.6. The molecule has 0 radical (unpaired) electrons. The number of carbonyl (C=O) groups is 1. The zero-order valence-corrected chi connectivity index (χ0v) is 16.3. The van der Waals surface area contributed by atoms with Gasteiger partial charge in [-0.15, -0.1) is 0 Å². The largest absolute Gasteiger partial charge is 0.345 e. The third-order valence-corrected chi connectivity index (χ3v) is 4.83. The van der Waals surface area contributed by atoms with Crippen LogP contribution in [0.1, 0.15) is 45.8 Å². The number of nitrogens with zero attached hydrogens (tertiary/aromatic N) is 2. The molecule has 1 aromatic carbocycles. The minimum atomic E-state index is -0.404. The lowest BCUT2D eigenvalue weighted by Gasteiger charge is -2.15. The van der Waals surface area contributed by atoms with Gasteiger partial charge in [-0.05, 0) is 51.5 Å². The molecule has 6 heteroatoms. The van der Waals surface area contributed by atoms with E-state index in [0.29, 0.717) is 5.69 Å². The fourth-order valence-electron chi connectivity index (χ4n) is 3.40. The lowest BCUT2D eigenvalue weighted by Crippen LogP contribution is -2.32. The molecule has 0 aliphatic rings. The minimum Gasteiger partial charge on any atom is -0.345 e. The number of nitrogens with one attached hydrogen (secondary N) is 2. The molecule has 0 bridgehead atoms. The molecule has 140 valence electrons. The van der Waals surface area contributed by atoms with E-state index in [4.69, 9.17) is 0 Å². The molecule has 3 aromatic rings. The summed E-state index contributed by atoms with van der Waals surface area (Å²) < 4.78 is 1.79. The van der Waals surface area contributed by atoms with Gasteiger partial charge in [-0.1, -0.05) is 23.8 Å². The van der Waals surface area contributed by atoms with Gasteiger partial charge in [0, 0.05) is 24.0 Å². The molecule has 6 nitrogen and oxygen atoms in total. The number of hydrogen-bond acceptors (Lipinski definition) is 3.